The molecule has 1 rings (SSSR count). The Morgan fingerprint density at radius 2 is 1.85 bits per heavy atom. The number of rotatable bonds is 1. The molecule has 0 amide bonds. The second-order valence-electron chi connectivity index (χ2n) is 2.22. The van der Waals surface area contributed by atoms with Gasteiger partial charge in [0, 0.05) is 4.47 Å². The summed E-state index contributed by atoms with van der Waals surface area (Å²) in [5.74, 6) is -0.877. The summed E-state index contributed by atoms with van der Waals surface area (Å²) in [6, 6.07) is 2.41. The third kappa shape index (κ3) is 2.28. The number of hydrogen-bond acceptors (Lipinski definition) is 2. The number of benzene rings is 1. The lowest BCUT2D eigenvalue weighted by Gasteiger charge is -2.04. The molecule has 2 N–H and O–H groups in total. The fourth-order valence-electron chi connectivity index (χ4n) is 0.769. The molecular weight excluding hydrogens is 329 g/mol. The average molecular weight is 333 g/mol. The van der Waals surface area contributed by atoms with Gasteiger partial charge in [-0.2, -0.15) is 0 Å². The summed E-state index contributed by atoms with van der Waals surface area (Å²) in [6.45, 7) is 0. The van der Waals surface area contributed by atoms with Crippen LogP contribution in [-0.2, 0) is 10.0 Å². The lowest BCUT2D eigenvalue weighted by molar-refractivity contribution is 0.566. The second kappa shape index (κ2) is 3.64. The van der Waals surface area contributed by atoms with Crippen LogP contribution in [0.2, 0.25) is 0 Å². The molecule has 13 heavy (non-hydrogen) atoms. The van der Waals surface area contributed by atoms with E-state index < -0.39 is 20.7 Å². The van der Waals surface area contributed by atoms with Gasteiger partial charge in [-0.25, -0.2) is 17.9 Å². The summed E-state index contributed by atoms with van der Waals surface area (Å²) in [4.78, 5) is -0.540. The number of halogens is 3. The first-order valence-electron chi connectivity index (χ1n) is 3.00. The van der Waals surface area contributed by atoms with Crippen molar-refractivity contribution in [1.82, 2.24) is 0 Å². The van der Waals surface area contributed by atoms with E-state index in [-0.39, 0.29) is 4.47 Å². The van der Waals surface area contributed by atoms with Gasteiger partial charge in [0.15, 0.2) is 0 Å². The van der Waals surface area contributed by atoms with Crippen molar-refractivity contribution in [3.8, 4) is 0 Å². The Bertz CT molecular complexity index is 446. The van der Waals surface area contributed by atoms with Crippen molar-refractivity contribution in [3.63, 3.8) is 0 Å². The molecule has 0 saturated heterocycles. The molecule has 0 saturated carbocycles. The monoisotopic (exact) mass is 331 g/mol. The third-order valence-electron chi connectivity index (χ3n) is 1.29. The molecule has 0 aromatic heterocycles. The van der Waals surface area contributed by atoms with Gasteiger partial charge in [-0.1, -0.05) is 0 Å². The molecule has 0 bridgehead atoms. The molecule has 0 aliphatic heterocycles. The summed E-state index contributed by atoms with van der Waals surface area (Å²) in [5, 5.41) is 4.81. The van der Waals surface area contributed by atoms with Gasteiger partial charge in [-0.05, 0) is 44.0 Å². The molecule has 0 heterocycles. The molecule has 0 atom stereocenters. The standard InChI is InChI=1S/C6H4Br2FNO2S/c7-3-1-2-4(9)6(5(3)8)13(10,11)12/h1-2H,(H2,10,11,12). The summed E-state index contributed by atoms with van der Waals surface area (Å²) in [7, 11) is -4.04. The van der Waals surface area contributed by atoms with Crippen molar-refractivity contribution in [3.05, 3.63) is 26.9 Å². The molecule has 3 nitrogen and oxygen atoms in total. The van der Waals surface area contributed by atoms with E-state index in [1.54, 1.807) is 0 Å². The van der Waals surface area contributed by atoms with Crippen molar-refractivity contribution in [1.29, 1.82) is 0 Å². The Kier molecular flexibility index (Phi) is 3.11. The van der Waals surface area contributed by atoms with Crippen LogP contribution >= 0.6 is 31.9 Å². The predicted molar refractivity (Wildman–Crippen MR) is 53.2 cm³/mol. The fourth-order valence-corrected chi connectivity index (χ4v) is 2.93. The van der Waals surface area contributed by atoms with Gasteiger partial charge in [-0.15, -0.1) is 0 Å². The normalized spacial score (nSPS) is 11.7. The van der Waals surface area contributed by atoms with Crippen LogP contribution in [-0.4, -0.2) is 8.42 Å². The van der Waals surface area contributed by atoms with Crippen LogP contribution in [0.25, 0.3) is 0 Å². The Hall–Kier alpha value is 0.0200. The van der Waals surface area contributed by atoms with Crippen LogP contribution in [0.3, 0.4) is 0 Å². The van der Waals surface area contributed by atoms with Gasteiger partial charge in [0.1, 0.15) is 10.7 Å². The number of nitrogens with two attached hydrogens (primary N) is 1. The molecule has 7 heteroatoms. The Balaban J connectivity index is 3.62. The molecular formula is C6H4Br2FNO2S. The van der Waals surface area contributed by atoms with Gasteiger partial charge in [0.25, 0.3) is 0 Å². The van der Waals surface area contributed by atoms with Crippen LogP contribution in [0.4, 0.5) is 4.39 Å². The maximum absolute atomic E-state index is 13.0. The number of primary sulfonamides is 1. The maximum Gasteiger partial charge on any atom is 0.242 e. The summed E-state index contributed by atoms with van der Waals surface area (Å²) in [6.07, 6.45) is 0. The van der Waals surface area contributed by atoms with E-state index in [0.717, 1.165) is 6.07 Å². The Labute approximate surface area is 91.4 Å². The highest BCUT2D eigenvalue weighted by molar-refractivity contribution is 9.13. The van der Waals surface area contributed by atoms with Crippen LogP contribution in [0.15, 0.2) is 26.0 Å². The molecule has 0 fully saturated rings. The van der Waals surface area contributed by atoms with Crippen molar-refractivity contribution in [2.24, 2.45) is 5.14 Å². The van der Waals surface area contributed by atoms with Gasteiger partial charge >= 0.3 is 0 Å². The molecule has 0 spiro atoms. The van der Waals surface area contributed by atoms with Crippen LogP contribution < -0.4 is 5.14 Å². The van der Waals surface area contributed by atoms with E-state index in [1.165, 1.54) is 6.07 Å². The first-order valence-corrected chi connectivity index (χ1v) is 6.13. The fraction of sp³-hybridized carbons (Fsp3) is 0. The summed E-state index contributed by atoms with van der Waals surface area (Å²) in [5.41, 5.74) is 0. The van der Waals surface area contributed by atoms with E-state index in [0.29, 0.717) is 4.47 Å². The molecule has 0 aliphatic rings. The van der Waals surface area contributed by atoms with E-state index in [1.807, 2.05) is 0 Å². The van der Waals surface area contributed by atoms with E-state index in [2.05, 4.69) is 31.9 Å². The van der Waals surface area contributed by atoms with E-state index >= 15 is 0 Å². The SMILES string of the molecule is NS(=O)(=O)c1c(F)ccc(Br)c1Br. The van der Waals surface area contributed by atoms with E-state index in [4.69, 9.17) is 5.14 Å². The first-order chi connectivity index (χ1) is 5.84. The average Bonchev–Trinajstić information content (AvgIpc) is 1.95. The quantitative estimate of drug-likeness (QED) is 0.799. The minimum absolute atomic E-state index is 0.0926. The highest BCUT2D eigenvalue weighted by Gasteiger charge is 2.19. The van der Waals surface area contributed by atoms with Crippen molar-refractivity contribution in [2.45, 2.75) is 4.90 Å². The maximum atomic E-state index is 13.0. The lowest BCUT2D eigenvalue weighted by Crippen LogP contribution is -2.14. The molecule has 72 valence electrons. The molecule has 1 aromatic carbocycles. The van der Waals surface area contributed by atoms with Crippen molar-refractivity contribution < 1.29 is 12.8 Å². The van der Waals surface area contributed by atoms with Crippen LogP contribution in [0.5, 0.6) is 0 Å². The topological polar surface area (TPSA) is 60.2 Å². The smallest absolute Gasteiger partial charge is 0.224 e. The molecule has 0 radical (unpaired) electrons. The third-order valence-corrected chi connectivity index (χ3v) is 4.53. The van der Waals surface area contributed by atoms with Crippen LogP contribution in [0.1, 0.15) is 0 Å². The van der Waals surface area contributed by atoms with Gasteiger partial charge in [-0.3, -0.25) is 0 Å². The van der Waals surface area contributed by atoms with Crippen molar-refractivity contribution >= 4 is 41.9 Å². The van der Waals surface area contributed by atoms with Gasteiger partial charge in [0.05, 0.1) is 4.47 Å². The predicted octanol–water partition coefficient (Wildman–Crippen LogP) is 2.00. The number of hydrogen-bond donors (Lipinski definition) is 1. The zero-order valence-electron chi connectivity index (χ0n) is 6.09. The van der Waals surface area contributed by atoms with Crippen molar-refractivity contribution in [2.75, 3.05) is 0 Å². The molecule has 1 aromatic rings. The van der Waals surface area contributed by atoms with E-state index in [9.17, 15) is 12.8 Å². The first kappa shape index (κ1) is 11.1. The lowest BCUT2D eigenvalue weighted by atomic mass is 10.3. The van der Waals surface area contributed by atoms with Gasteiger partial charge < -0.3 is 0 Å². The van der Waals surface area contributed by atoms with Gasteiger partial charge in [0.2, 0.25) is 10.0 Å². The minimum atomic E-state index is -4.04. The molecule has 0 aliphatic carbocycles. The summed E-state index contributed by atoms with van der Waals surface area (Å²) < 4.78 is 35.4. The Morgan fingerprint density at radius 3 is 2.23 bits per heavy atom. The number of sulfonamides is 1. The minimum Gasteiger partial charge on any atom is -0.224 e. The highest BCUT2D eigenvalue weighted by atomic mass is 79.9. The highest BCUT2D eigenvalue weighted by Crippen LogP contribution is 2.31. The summed E-state index contributed by atoms with van der Waals surface area (Å²) >= 11 is 5.96. The van der Waals surface area contributed by atoms with Crippen LogP contribution in [0, 0.1) is 5.82 Å². The Morgan fingerprint density at radius 1 is 1.31 bits per heavy atom. The molecule has 0 unspecified atom stereocenters. The zero-order valence-corrected chi connectivity index (χ0v) is 10.1. The zero-order chi connectivity index (χ0) is 10.2. The second-order valence-corrected chi connectivity index (χ2v) is 5.36. The largest absolute Gasteiger partial charge is 0.242 e.